The van der Waals surface area contributed by atoms with Crippen molar-refractivity contribution in [3.63, 3.8) is 0 Å². The molecule has 0 amide bonds. The zero-order valence-corrected chi connectivity index (χ0v) is 13.9. The third-order valence-corrected chi connectivity index (χ3v) is 5.56. The summed E-state index contributed by atoms with van der Waals surface area (Å²) in [5.74, 6) is 0. The molecule has 0 spiro atoms. The summed E-state index contributed by atoms with van der Waals surface area (Å²) >= 11 is 9.23. The summed E-state index contributed by atoms with van der Waals surface area (Å²) in [6.45, 7) is 0. The number of halogens is 1. The molecule has 112 valence electrons. The van der Waals surface area contributed by atoms with Gasteiger partial charge in [0.05, 0.1) is 6.20 Å². The van der Waals surface area contributed by atoms with Crippen molar-refractivity contribution in [1.82, 2.24) is 24.6 Å². The van der Waals surface area contributed by atoms with E-state index in [0.717, 1.165) is 37.1 Å². The van der Waals surface area contributed by atoms with E-state index >= 15 is 0 Å². The Morgan fingerprint density at radius 2 is 2.17 bits per heavy atom. The number of nitrogens with one attached hydrogen (secondary N) is 1. The molecular weight excluding hydrogens is 350 g/mol. The second-order valence-corrected chi connectivity index (χ2v) is 7.28. The zero-order valence-electron chi connectivity index (χ0n) is 11.5. The maximum absolute atomic E-state index is 6.12. The van der Waals surface area contributed by atoms with Crippen molar-refractivity contribution in [2.75, 3.05) is 0 Å². The Balaban J connectivity index is 1.65. The Morgan fingerprint density at radius 3 is 3.00 bits per heavy atom. The van der Waals surface area contributed by atoms with Crippen LogP contribution in [0.5, 0.6) is 0 Å². The van der Waals surface area contributed by atoms with Crippen LogP contribution in [-0.4, -0.2) is 24.6 Å². The number of hydrogen-bond donors (Lipinski definition) is 1. The Hall–Kier alpha value is -2.22. The fourth-order valence-electron chi connectivity index (χ4n) is 2.53. The van der Waals surface area contributed by atoms with Gasteiger partial charge in [0, 0.05) is 39.3 Å². The molecule has 1 aromatic carbocycles. The summed E-state index contributed by atoms with van der Waals surface area (Å²) in [5.41, 5.74) is 2.93. The summed E-state index contributed by atoms with van der Waals surface area (Å²) in [6, 6.07) is 5.80. The van der Waals surface area contributed by atoms with Crippen LogP contribution in [-0.2, 0) is 0 Å². The molecule has 23 heavy (non-hydrogen) atoms. The predicted molar refractivity (Wildman–Crippen MR) is 94.3 cm³/mol. The minimum Gasteiger partial charge on any atom is -0.360 e. The zero-order chi connectivity index (χ0) is 15.4. The molecule has 0 aliphatic heterocycles. The lowest BCUT2D eigenvalue weighted by Gasteiger charge is -1.94. The topological polar surface area (TPSA) is 58.9 Å². The van der Waals surface area contributed by atoms with Gasteiger partial charge in [-0.2, -0.15) is 5.10 Å². The van der Waals surface area contributed by atoms with Gasteiger partial charge in [0.25, 0.3) is 0 Å². The van der Waals surface area contributed by atoms with Gasteiger partial charge in [0.2, 0.25) is 4.96 Å². The van der Waals surface area contributed by atoms with Crippen LogP contribution in [0.4, 0.5) is 0 Å². The number of imidazole rings is 1. The number of fused-ring (bicyclic) bond motifs is 2. The maximum Gasteiger partial charge on any atom is 0.213 e. The molecule has 5 aromatic rings. The fourth-order valence-corrected chi connectivity index (χ4v) is 4.21. The molecule has 0 aliphatic rings. The van der Waals surface area contributed by atoms with Gasteiger partial charge in [-0.25, -0.2) is 14.5 Å². The van der Waals surface area contributed by atoms with Crippen molar-refractivity contribution in [1.29, 1.82) is 0 Å². The first-order valence-electron chi connectivity index (χ1n) is 6.81. The van der Waals surface area contributed by atoms with E-state index in [2.05, 4.69) is 20.1 Å². The molecule has 5 nitrogen and oxygen atoms in total. The van der Waals surface area contributed by atoms with E-state index in [-0.39, 0.29) is 0 Å². The van der Waals surface area contributed by atoms with E-state index in [4.69, 9.17) is 11.6 Å². The van der Waals surface area contributed by atoms with E-state index < -0.39 is 0 Å². The van der Waals surface area contributed by atoms with Gasteiger partial charge in [-0.1, -0.05) is 22.9 Å². The summed E-state index contributed by atoms with van der Waals surface area (Å²) in [6.07, 6.45) is 5.65. The van der Waals surface area contributed by atoms with Crippen LogP contribution >= 0.6 is 34.3 Å². The molecule has 0 radical (unpaired) electrons. The van der Waals surface area contributed by atoms with E-state index in [1.54, 1.807) is 33.4 Å². The monoisotopic (exact) mass is 357 g/mol. The molecule has 0 saturated carbocycles. The third-order valence-electron chi connectivity index (χ3n) is 3.57. The van der Waals surface area contributed by atoms with Gasteiger partial charge in [-0.15, -0.1) is 11.3 Å². The highest BCUT2D eigenvalue weighted by molar-refractivity contribution is 7.20. The molecular formula is C15H8ClN5S2. The molecule has 4 heterocycles. The van der Waals surface area contributed by atoms with Crippen molar-refractivity contribution < 1.29 is 0 Å². The van der Waals surface area contributed by atoms with Crippen LogP contribution in [0.15, 0.2) is 42.2 Å². The number of aromatic nitrogens is 5. The van der Waals surface area contributed by atoms with Crippen molar-refractivity contribution in [3.8, 4) is 21.3 Å². The smallest absolute Gasteiger partial charge is 0.213 e. The van der Waals surface area contributed by atoms with Crippen molar-refractivity contribution in [3.05, 3.63) is 47.2 Å². The highest BCUT2D eigenvalue weighted by Gasteiger charge is 2.15. The molecule has 0 aliphatic carbocycles. The van der Waals surface area contributed by atoms with E-state index in [1.165, 1.54) is 0 Å². The summed E-state index contributed by atoms with van der Waals surface area (Å²) < 4.78 is 1.81. The second-order valence-electron chi connectivity index (χ2n) is 4.99. The number of rotatable bonds is 2. The minimum absolute atomic E-state index is 0.714. The predicted octanol–water partition coefficient (Wildman–Crippen LogP) is 4.72. The SMILES string of the molecule is Clc1ccc2[nH]cc(-c3nn4cc(-c5nccs5)nc4s3)c2c1. The largest absolute Gasteiger partial charge is 0.360 e. The first kappa shape index (κ1) is 13.2. The van der Waals surface area contributed by atoms with Crippen LogP contribution in [0.2, 0.25) is 5.02 Å². The van der Waals surface area contributed by atoms with Crippen LogP contribution in [0.3, 0.4) is 0 Å². The van der Waals surface area contributed by atoms with Crippen LogP contribution < -0.4 is 0 Å². The van der Waals surface area contributed by atoms with Crippen molar-refractivity contribution >= 4 is 50.1 Å². The van der Waals surface area contributed by atoms with Crippen molar-refractivity contribution in [2.45, 2.75) is 0 Å². The molecule has 5 rings (SSSR count). The highest BCUT2D eigenvalue weighted by atomic mass is 35.5. The molecule has 1 N–H and O–H groups in total. The molecule has 0 atom stereocenters. The Morgan fingerprint density at radius 1 is 1.22 bits per heavy atom. The Kier molecular flexibility index (Phi) is 2.81. The lowest BCUT2D eigenvalue weighted by Crippen LogP contribution is -1.81. The van der Waals surface area contributed by atoms with E-state index in [9.17, 15) is 0 Å². The lowest BCUT2D eigenvalue weighted by atomic mass is 10.2. The van der Waals surface area contributed by atoms with Gasteiger partial charge in [0.1, 0.15) is 15.7 Å². The van der Waals surface area contributed by atoms with Crippen molar-refractivity contribution in [2.24, 2.45) is 0 Å². The molecule has 0 saturated heterocycles. The molecule has 4 aromatic heterocycles. The minimum atomic E-state index is 0.714. The highest BCUT2D eigenvalue weighted by Crippen LogP contribution is 2.34. The number of aromatic amines is 1. The second kappa shape index (κ2) is 4.89. The van der Waals surface area contributed by atoms with Crippen LogP contribution in [0.1, 0.15) is 0 Å². The van der Waals surface area contributed by atoms with Gasteiger partial charge in [0.15, 0.2) is 0 Å². The number of thiazole rings is 1. The van der Waals surface area contributed by atoms with Crippen LogP contribution in [0, 0.1) is 0 Å². The fraction of sp³-hybridized carbons (Fsp3) is 0. The van der Waals surface area contributed by atoms with Gasteiger partial charge < -0.3 is 4.98 Å². The quantitative estimate of drug-likeness (QED) is 0.497. The third kappa shape index (κ3) is 2.08. The number of hydrogen-bond acceptors (Lipinski definition) is 5. The Bertz CT molecular complexity index is 1100. The lowest BCUT2D eigenvalue weighted by molar-refractivity contribution is 0.979. The molecule has 0 fully saturated rings. The van der Waals surface area contributed by atoms with Crippen LogP contribution in [0.25, 0.3) is 37.1 Å². The summed E-state index contributed by atoms with van der Waals surface area (Å²) in [5, 5.41) is 10.2. The first-order chi connectivity index (χ1) is 11.3. The average molecular weight is 358 g/mol. The average Bonchev–Trinajstić information content (AvgIpc) is 3.28. The van der Waals surface area contributed by atoms with Gasteiger partial charge in [-0.05, 0) is 18.2 Å². The number of nitrogens with zero attached hydrogens (tertiary/aromatic N) is 4. The number of benzene rings is 1. The van der Waals surface area contributed by atoms with E-state index in [1.807, 2.05) is 36.0 Å². The summed E-state index contributed by atoms with van der Waals surface area (Å²) in [4.78, 5) is 13.0. The van der Waals surface area contributed by atoms with Gasteiger partial charge in [-0.3, -0.25) is 0 Å². The normalized spacial score (nSPS) is 11.7. The maximum atomic E-state index is 6.12. The Labute approximate surface area is 143 Å². The molecule has 0 bridgehead atoms. The molecule has 0 unspecified atom stereocenters. The summed E-state index contributed by atoms with van der Waals surface area (Å²) in [7, 11) is 0. The van der Waals surface area contributed by atoms with E-state index in [0.29, 0.717) is 5.02 Å². The molecule has 8 heteroatoms. The standard InChI is InChI=1S/C15H8ClN5S2/c16-8-1-2-11-9(5-8)10(6-18-11)13-20-21-7-12(19-15(21)23-13)14-17-3-4-22-14/h1-7,18H. The number of H-pyrrole nitrogens is 1. The first-order valence-corrected chi connectivity index (χ1v) is 8.88. The van der Waals surface area contributed by atoms with Gasteiger partial charge >= 0.3 is 0 Å².